The Kier molecular flexibility index (Phi) is 6.89. The quantitative estimate of drug-likeness (QED) is 0.611. The van der Waals surface area contributed by atoms with Crippen molar-refractivity contribution in [3.05, 3.63) is 46.4 Å². The van der Waals surface area contributed by atoms with Crippen LogP contribution < -0.4 is 4.90 Å². The van der Waals surface area contributed by atoms with Crippen LogP contribution in [0, 0.1) is 5.82 Å². The highest BCUT2D eigenvalue weighted by Crippen LogP contribution is 2.30. The first kappa shape index (κ1) is 19.8. The summed E-state index contributed by atoms with van der Waals surface area (Å²) < 4.78 is 14.2. The Balaban J connectivity index is 0.00000225. The molecule has 0 radical (unpaired) electrons. The topological polar surface area (TPSA) is 36.4 Å². The zero-order chi connectivity index (χ0) is 17.1. The maximum Gasteiger partial charge on any atom is 0.270 e. The summed E-state index contributed by atoms with van der Waals surface area (Å²) in [7, 11) is 4.01. The largest absolute Gasteiger partial charge is 0.309 e. The van der Waals surface area contributed by atoms with E-state index in [1.54, 1.807) is 11.0 Å². The van der Waals surface area contributed by atoms with Gasteiger partial charge in [-0.1, -0.05) is 17.4 Å². The van der Waals surface area contributed by atoms with Gasteiger partial charge in [0.05, 0.1) is 15.1 Å². The molecule has 8 heteroatoms. The van der Waals surface area contributed by atoms with E-state index in [4.69, 9.17) is 0 Å². The van der Waals surface area contributed by atoms with Crippen molar-refractivity contribution in [3.8, 4) is 0 Å². The van der Waals surface area contributed by atoms with Crippen LogP contribution in [0.25, 0.3) is 10.2 Å². The normalized spacial score (nSPS) is 10.9. The Bertz CT molecular complexity index is 836. The molecule has 25 heavy (non-hydrogen) atoms. The monoisotopic (exact) mass is 399 g/mol. The summed E-state index contributed by atoms with van der Waals surface area (Å²) in [5.74, 6) is -0.343. The van der Waals surface area contributed by atoms with Crippen LogP contribution in [0.2, 0.25) is 0 Å². The number of fused-ring (bicyclic) bond motifs is 1. The highest BCUT2D eigenvalue weighted by Gasteiger charge is 2.21. The Morgan fingerprint density at radius 2 is 2.04 bits per heavy atom. The molecule has 134 valence electrons. The number of thiazole rings is 1. The van der Waals surface area contributed by atoms with Gasteiger partial charge in [0.1, 0.15) is 5.82 Å². The average Bonchev–Trinajstić information content (AvgIpc) is 3.19. The maximum absolute atomic E-state index is 13.4. The molecule has 0 atom stereocenters. The van der Waals surface area contributed by atoms with Crippen LogP contribution in [-0.2, 0) is 0 Å². The molecule has 2 aromatic heterocycles. The molecule has 0 saturated heterocycles. The number of carbonyl (C=O) groups is 1. The third kappa shape index (κ3) is 4.76. The summed E-state index contributed by atoms with van der Waals surface area (Å²) in [6.07, 6.45) is 0.842. The molecular formula is C17H19ClFN3OS2. The number of rotatable bonds is 6. The average molecular weight is 400 g/mol. The standard InChI is InChI=1S/C17H18FN3OS2.ClH/c1-20(2)8-4-9-21(16(22)14-5-3-10-23-14)17-19-13-7-6-12(18)11-15(13)24-17;/h3,5-7,10-11H,4,8-9H2,1-2H3;1H. The van der Waals surface area contributed by atoms with Crippen molar-refractivity contribution in [2.75, 3.05) is 32.1 Å². The number of carbonyl (C=O) groups excluding carboxylic acids is 1. The third-order valence-electron chi connectivity index (χ3n) is 3.53. The Labute approximate surface area is 160 Å². The van der Waals surface area contributed by atoms with Gasteiger partial charge in [0.2, 0.25) is 0 Å². The number of halogens is 2. The summed E-state index contributed by atoms with van der Waals surface area (Å²) in [5.41, 5.74) is 0.716. The van der Waals surface area contributed by atoms with Gasteiger partial charge >= 0.3 is 0 Å². The van der Waals surface area contributed by atoms with Gasteiger partial charge in [-0.25, -0.2) is 9.37 Å². The van der Waals surface area contributed by atoms with E-state index in [9.17, 15) is 9.18 Å². The van der Waals surface area contributed by atoms with Crippen molar-refractivity contribution < 1.29 is 9.18 Å². The maximum atomic E-state index is 13.4. The van der Waals surface area contributed by atoms with Gasteiger partial charge in [-0.15, -0.1) is 23.7 Å². The Morgan fingerprint density at radius 1 is 1.24 bits per heavy atom. The van der Waals surface area contributed by atoms with Gasteiger partial charge in [-0.05, 0) is 56.7 Å². The van der Waals surface area contributed by atoms with Gasteiger partial charge in [-0.2, -0.15) is 0 Å². The molecule has 0 spiro atoms. The molecule has 3 rings (SSSR count). The fourth-order valence-corrected chi connectivity index (χ4v) is 4.05. The minimum absolute atomic E-state index is 0. The SMILES string of the molecule is CN(C)CCCN(C(=O)c1cccs1)c1nc2ccc(F)cc2s1.Cl. The summed E-state index contributed by atoms with van der Waals surface area (Å²) in [5, 5.41) is 2.51. The predicted molar refractivity (Wildman–Crippen MR) is 106 cm³/mol. The zero-order valence-corrected chi connectivity index (χ0v) is 16.4. The highest BCUT2D eigenvalue weighted by atomic mass is 35.5. The van der Waals surface area contributed by atoms with Crippen molar-refractivity contribution in [1.82, 2.24) is 9.88 Å². The molecule has 0 saturated carbocycles. The van der Waals surface area contributed by atoms with Gasteiger partial charge in [-0.3, -0.25) is 9.69 Å². The van der Waals surface area contributed by atoms with Crippen LogP contribution in [0.1, 0.15) is 16.1 Å². The first-order valence-corrected chi connectivity index (χ1v) is 9.30. The number of thiophene rings is 1. The van der Waals surface area contributed by atoms with Crippen molar-refractivity contribution in [1.29, 1.82) is 0 Å². The van der Waals surface area contributed by atoms with Crippen LogP contribution in [0.3, 0.4) is 0 Å². The van der Waals surface area contributed by atoms with Crippen LogP contribution in [0.4, 0.5) is 9.52 Å². The number of benzene rings is 1. The van der Waals surface area contributed by atoms with Gasteiger partial charge < -0.3 is 4.90 Å². The lowest BCUT2D eigenvalue weighted by molar-refractivity contribution is 0.0990. The molecule has 0 N–H and O–H groups in total. The van der Waals surface area contributed by atoms with Crippen LogP contribution in [-0.4, -0.2) is 43.0 Å². The Hall–Kier alpha value is -1.54. The van der Waals surface area contributed by atoms with E-state index >= 15 is 0 Å². The molecule has 0 fully saturated rings. The summed E-state index contributed by atoms with van der Waals surface area (Å²) >= 11 is 2.77. The molecule has 0 aliphatic carbocycles. The van der Waals surface area contributed by atoms with E-state index in [2.05, 4.69) is 9.88 Å². The molecule has 0 aliphatic rings. The fraction of sp³-hybridized carbons (Fsp3) is 0.294. The third-order valence-corrected chi connectivity index (χ3v) is 5.43. The summed E-state index contributed by atoms with van der Waals surface area (Å²) in [6.45, 7) is 1.46. The molecule has 3 aromatic rings. The second kappa shape index (κ2) is 8.71. The number of nitrogens with zero attached hydrogens (tertiary/aromatic N) is 3. The molecule has 1 aromatic carbocycles. The first-order valence-electron chi connectivity index (χ1n) is 7.61. The minimum Gasteiger partial charge on any atom is -0.309 e. The van der Waals surface area contributed by atoms with E-state index < -0.39 is 0 Å². The lowest BCUT2D eigenvalue weighted by Crippen LogP contribution is -2.32. The summed E-state index contributed by atoms with van der Waals surface area (Å²) in [4.78, 5) is 21.8. The number of hydrogen-bond acceptors (Lipinski definition) is 5. The molecule has 2 heterocycles. The number of aromatic nitrogens is 1. The lowest BCUT2D eigenvalue weighted by Gasteiger charge is -2.20. The van der Waals surface area contributed by atoms with E-state index in [1.807, 2.05) is 31.6 Å². The van der Waals surface area contributed by atoms with Crippen molar-refractivity contribution in [3.63, 3.8) is 0 Å². The number of amides is 1. The van der Waals surface area contributed by atoms with E-state index in [1.165, 1.54) is 34.8 Å². The van der Waals surface area contributed by atoms with Crippen LogP contribution >= 0.6 is 35.1 Å². The molecular weight excluding hydrogens is 381 g/mol. The summed E-state index contributed by atoms with van der Waals surface area (Å²) in [6, 6.07) is 8.19. The molecule has 0 bridgehead atoms. The van der Waals surface area contributed by atoms with Crippen molar-refractivity contribution in [2.24, 2.45) is 0 Å². The lowest BCUT2D eigenvalue weighted by atomic mass is 10.3. The van der Waals surface area contributed by atoms with Gasteiger partial charge in [0, 0.05) is 6.54 Å². The Morgan fingerprint density at radius 3 is 2.72 bits per heavy atom. The van der Waals surface area contributed by atoms with Crippen LogP contribution in [0.5, 0.6) is 0 Å². The zero-order valence-electron chi connectivity index (χ0n) is 13.9. The number of hydrogen-bond donors (Lipinski definition) is 0. The fourth-order valence-electron chi connectivity index (χ4n) is 2.36. The van der Waals surface area contributed by atoms with Crippen molar-refractivity contribution >= 4 is 56.3 Å². The van der Waals surface area contributed by atoms with E-state index in [0.717, 1.165) is 17.7 Å². The van der Waals surface area contributed by atoms with E-state index in [-0.39, 0.29) is 24.1 Å². The smallest absolute Gasteiger partial charge is 0.270 e. The molecule has 0 aliphatic heterocycles. The van der Waals surface area contributed by atoms with Crippen LogP contribution in [0.15, 0.2) is 35.7 Å². The second-order valence-electron chi connectivity index (χ2n) is 5.70. The molecule has 1 amide bonds. The molecule has 4 nitrogen and oxygen atoms in total. The van der Waals surface area contributed by atoms with E-state index in [0.29, 0.717) is 22.1 Å². The van der Waals surface area contributed by atoms with Gasteiger partial charge in [0.25, 0.3) is 5.91 Å². The minimum atomic E-state index is -0.290. The van der Waals surface area contributed by atoms with Gasteiger partial charge in [0.15, 0.2) is 5.13 Å². The first-order chi connectivity index (χ1) is 11.5. The highest BCUT2D eigenvalue weighted by molar-refractivity contribution is 7.22. The van der Waals surface area contributed by atoms with Crippen molar-refractivity contribution in [2.45, 2.75) is 6.42 Å². The molecule has 0 unspecified atom stereocenters. The predicted octanol–water partition coefficient (Wildman–Crippen LogP) is 4.52. The number of anilines is 1. The second-order valence-corrected chi connectivity index (χ2v) is 7.66.